The molecule has 6 heteroatoms. The highest BCUT2D eigenvalue weighted by Crippen LogP contribution is 2.23. The van der Waals surface area contributed by atoms with Crippen LogP contribution in [0.2, 0.25) is 0 Å². The molecule has 25 heavy (non-hydrogen) atoms. The zero-order chi connectivity index (χ0) is 17.8. The van der Waals surface area contributed by atoms with Gasteiger partial charge in [-0.1, -0.05) is 0 Å². The topological polar surface area (TPSA) is 63.6 Å². The lowest BCUT2D eigenvalue weighted by atomic mass is 10.1. The van der Waals surface area contributed by atoms with E-state index in [4.69, 9.17) is 4.74 Å². The summed E-state index contributed by atoms with van der Waals surface area (Å²) < 4.78 is 6.85. The number of hydrogen-bond donors (Lipinski definition) is 1. The van der Waals surface area contributed by atoms with Crippen LogP contribution in [0, 0.1) is 0 Å². The molecule has 2 heterocycles. The Morgan fingerprint density at radius 3 is 2.72 bits per heavy atom. The van der Waals surface area contributed by atoms with Gasteiger partial charge in [0, 0.05) is 44.8 Å². The highest BCUT2D eigenvalue weighted by atomic mass is 16.5. The van der Waals surface area contributed by atoms with E-state index in [1.54, 1.807) is 26.4 Å². The third kappa shape index (κ3) is 3.91. The zero-order valence-corrected chi connectivity index (χ0v) is 14.6. The van der Waals surface area contributed by atoms with Crippen molar-refractivity contribution in [3.63, 3.8) is 0 Å². The maximum Gasteiger partial charge on any atom is 0.263 e. The third-order valence-corrected chi connectivity index (χ3v) is 4.57. The van der Waals surface area contributed by atoms with Gasteiger partial charge in [0.25, 0.3) is 11.5 Å². The Bertz CT molecular complexity index is 798. The Kier molecular flexibility index (Phi) is 5.19. The number of nitrogens with one attached hydrogen (secondary N) is 1. The summed E-state index contributed by atoms with van der Waals surface area (Å²) in [5.74, 6) is -0.397. The fraction of sp³-hybridized carbons (Fsp3) is 0.368. The molecule has 6 nitrogen and oxygen atoms in total. The van der Waals surface area contributed by atoms with E-state index in [1.165, 1.54) is 10.6 Å². The average Bonchev–Trinajstić information content (AvgIpc) is 2.64. The first-order valence-corrected chi connectivity index (χ1v) is 8.43. The minimum atomic E-state index is -0.397. The SMILES string of the molecule is CO[C@@H]1CCCN(c2ccc(NC(=O)c3cccn(C)c3=O)cc2)C1. The molecule has 1 atom stereocenters. The number of nitrogens with zero attached hydrogens (tertiary/aromatic N) is 2. The summed E-state index contributed by atoms with van der Waals surface area (Å²) in [5, 5.41) is 2.78. The molecule has 1 aliphatic heterocycles. The first-order valence-electron chi connectivity index (χ1n) is 8.43. The van der Waals surface area contributed by atoms with Gasteiger partial charge in [0.05, 0.1) is 6.10 Å². The van der Waals surface area contributed by atoms with Gasteiger partial charge in [-0.05, 0) is 49.2 Å². The van der Waals surface area contributed by atoms with E-state index >= 15 is 0 Å². The Hall–Kier alpha value is -2.60. The molecule has 1 aromatic carbocycles. The molecule has 1 amide bonds. The van der Waals surface area contributed by atoms with Crippen LogP contribution in [0.15, 0.2) is 47.4 Å². The van der Waals surface area contributed by atoms with Crippen LogP contribution in [-0.2, 0) is 11.8 Å². The smallest absolute Gasteiger partial charge is 0.263 e. The van der Waals surface area contributed by atoms with Crippen molar-refractivity contribution in [3.05, 3.63) is 58.5 Å². The highest BCUT2D eigenvalue weighted by Gasteiger charge is 2.19. The number of aromatic nitrogens is 1. The molecule has 132 valence electrons. The van der Waals surface area contributed by atoms with E-state index in [0.29, 0.717) is 5.69 Å². The number of amides is 1. The van der Waals surface area contributed by atoms with Crippen molar-refractivity contribution < 1.29 is 9.53 Å². The number of ether oxygens (including phenoxy) is 1. The van der Waals surface area contributed by atoms with E-state index < -0.39 is 5.91 Å². The minimum absolute atomic E-state index is 0.132. The van der Waals surface area contributed by atoms with Crippen LogP contribution in [0.1, 0.15) is 23.2 Å². The number of carbonyl (C=O) groups excluding carboxylic acids is 1. The van der Waals surface area contributed by atoms with Crippen LogP contribution in [-0.4, -0.2) is 36.8 Å². The Balaban J connectivity index is 1.69. The second-order valence-corrected chi connectivity index (χ2v) is 6.28. The summed E-state index contributed by atoms with van der Waals surface area (Å²) in [7, 11) is 3.38. The highest BCUT2D eigenvalue weighted by molar-refractivity contribution is 6.04. The van der Waals surface area contributed by atoms with E-state index in [1.807, 2.05) is 24.3 Å². The van der Waals surface area contributed by atoms with Crippen molar-refractivity contribution in [2.75, 3.05) is 30.4 Å². The maximum absolute atomic E-state index is 12.3. The van der Waals surface area contributed by atoms with Crippen LogP contribution >= 0.6 is 0 Å². The van der Waals surface area contributed by atoms with Crippen molar-refractivity contribution in [2.24, 2.45) is 7.05 Å². The van der Waals surface area contributed by atoms with Crippen LogP contribution in [0.5, 0.6) is 0 Å². The average molecular weight is 341 g/mol. The number of methoxy groups -OCH3 is 1. The molecule has 0 bridgehead atoms. The van der Waals surface area contributed by atoms with Crippen molar-refractivity contribution in [3.8, 4) is 0 Å². The largest absolute Gasteiger partial charge is 0.380 e. The van der Waals surface area contributed by atoms with Gasteiger partial charge in [-0.15, -0.1) is 0 Å². The number of piperidine rings is 1. The molecule has 1 saturated heterocycles. The number of benzene rings is 1. The van der Waals surface area contributed by atoms with E-state index in [9.17, 15) is 9.59 Å². The Morgan fingerprint density at radius 2 is 2.00 bits per heavy atom. The number of anilines is 2. The standard InChI is InChI=1S/C19H23N3O3/c1-21-11-4-6-17(19(21)24)18(23)20-14-7-9-15(10-8-14)22-12-3-5-16(13-22)25-2/h4,6-11,16H,3,5,12-13H2,1-2H3,(H,20,23)/t16-/m1/s1. The van der Waals surface area contributed by atoms with Crippen molar-refractivity contribution in [1.82, 2.24) is 4.57 Å². The van der Waals surface area contributed by atoms with Gasteiger partial charge in [0.2, 0.25) is 0 Å². The maximum atomic E-state index is 12.3. The van der Waals surface area contributed by atoms with E-state index in [-0.39, 0.29) is 17.2 Å². The summed E-state index contributed by atoms with van der Waals surface area (Å²) in [6.07, 6.45) is 4.09. The molecule has 0 saturated carbocycles. The first-order chi connectivity index (χ1) is 12.1. The predicted molar refractivity (Wildman–Crippen MR) is 98.3 cm³/mol. The molecular formula is C19H23N3O3. The third-order valence-electron chi connectivity index (χ3n) is 4.57. The van der Waals surface area contributed by atoms with Gasteiger partial charge in [-0.3, -0.25) is 9.59 Å². The molecule has 1 aromatic heterocycles. The molecule has 3 rings (SSSR count). The fourth-order valence-corrected chi connectivity index (χ4v) is 3.09. The van der Waals surface area contributed by atoms with Gasteiger partial charge in [0.15, 0.2) is 0 Å². The molecule has 0 spiro atoms. The van der Waals surface area contributed by atoms with Crippen LogP contribution in [0.3, 0.4) is 0 Å². The molecule has 1 N–H and O–H groups in total. The van der Waals surface area contributed by atoms with Crippen molar-refractivity contribution in [2.45, 2.75) is 18.9 Å². The van der Waals surface area contributed by atoms with Gasteiger partial charge in [-0.25, -0.2) is 0 Å². The van der Waals surface area contributed by atoms with Gasteiger partial charge in [-0.2, -0.15) is 0 Å². The summed E-state index contributed by atoms with van der Waals surface area (Å²) in [6.45, 7) is 1.88. The zero-order valence-electron chi connectivity index (χ0n) is 14.6. The summed E-state index contributed by atoms with van der Waals surface area (Å²) in [6, 6.07) is 10.9. The number of hydrogen-bond acceptors (Lipinski definition) is 4. The fourth-order valence-electron chi connectivity index (χ4n) is 3.09. The minimum Gasteiger partial charge on any atom is -0.380 e. The van der Waals surface area contributed by atoms with E-state index in [0.717, 1.165) is 31.6 Å². The normalized spacial score (nSPS) is 17.4. The van der Waals surface area contributed by atoms with Crippen molar-refractivity contribution >= 4 is 17.3 Å². The van der Waals surface area contributed by atoms with Gasteiger partial charge in [0.1, 0.15) is 5.56 Å². The van der Waals surface area contributed by atoms with Crippen LogP contribution in [0.25, 0.3) is 0 Å². The van der Waals surface area contributed by atoms with Crippen LogP contribution < -0.4 is 15.8 Å². The molecule has 1 aliphatic rings. The summed E-state index contributed by atoms with van der Waals surface area (Å²) >= 11 is 0. The number of rotatable bonds is 4. The van der Waals surface area contributed by atoms with Gasteiger partial charge >= 0.3 is 0 Å². The molecule has 1 fully saturated rings. The summed E-state index contributed by atoms with van der Waals surface area (Å²) in [4.78, 5) is 26.6. The molecule has 2 aromatic rings. The lowest BCUT2D eigenvalue weighted by molar-refractivity contribution is 0.0893. The van der Waals surface area contributed by atoms with Crippen LogP contribution in [0.4, 0.5) is 11.4 Å². The second kappa shape index (κ2) is 7.53. The number of aryl methyl sites for hydroxylation is 1. The lowest BCUT2D eigenvalue weighted by Gasteiger charge is -2.33. The van der Waals surface area contributed by atoms with Crippen molar-refractivity contribution in [1.29, 1.82) is 0 Å². The summed E-state index contributed by atoms with van der Waals surface area (Å²) in [5.41, 5.74) is 1.60. The quantitative estimate of drug-likeness (QED) is 0.926. The Morgan fingerprint density at radius 1 is 1.24 bits per heavy atom. The number of carbonyl (C=O) groups is 1. The lowest BCUT2D eigenvalue weighted by Crippen LogP contribution is -2.39. The first kappa shape index (κ1) is 17.2. The van der Waals surface area contributed by atoms with Gasteiger partial charge < -0.3 is 19.5 Å². The van der Waals surface area contributed by atoms with E-state index in [2.05, 4.69) is 10.2 Å². The molecule has 0 aliphatic carbocycles. The second-order valence-electron chi connectivity index (χ2n) is 6.28. The Labute approximate surface area is 147 Å². The predicted octanol–water partition coefficient (Wildman–Crippen LogP) is 2.25. The monoisotopic (exact) mass is 341 g/mol. The number of pyridine rings is 1. The molecule has 0 unspecified atom stereocenters. The molecule has 0 radical (unpaired) electrons. The molecular weight excluding hydrogens is 318 g/mol.